The first-order valence-corrected chi connectivity index (χ1v) is 25.4. The average Bonchev–Trinajstić information content (AvgIpc) is 3.36. The molecule has 0 saturated carbocycles. The first-order chi connectivity index (χ1) is 34.8. The van der Waals surface area contributed by atoms with E-state index in [1.54, 1.807) is 17.6 Å². The first kappa shape index (κ1) is 63.1. The third-order valence-corrected chi connectivity index (χ3v) is 11.1. The number of thioether (sulfide) groups is 1. The van der Waals surface area contributed by atoms with Crippen LogP contribution < -0.4 is 47.4 Å². The molecule has 0 saturated heterocycles. The molecule has 25 heteroatoms. The zero-order valence-corrected chi connectivity index (χ0v) is 42.8. The summed E-state index contributed by atoms with van der Waals surface area (Å²) in [5, 5.41) is 27.9. The van der Waals surface area contributed by atoms with Gasteiger partial charge in [0.1, 0.15) is 11.8 Å². The van der Waals surface area contributed by atoms with Crippen molar-refractivity contribution in [3.05, 3.63) is 29.8 Å². The standard InChI is InChI=1S/C47H78N8O16S/c1-34(2)28-39-38(46(62)55-64)6-4-16-71-37-9-7-36(8-10-37)29-40(54-45(39)61)47(63)50-14-19-68-23-27-70-25-21-66-17-12-48-11-5-15-65-20-24-69-26-22-67-18-13-49-41(57)30-51-42(58)31-52-43(59)32-53-44(60)33-72-35(3)56/h7-10,34,38-40,48,64H,4-6,11-33H2,1-3H3,(H,49,57)(H,50,63)(H,51,58)(H,52,59)(H,53,60)(H,54,61)(H,55,62)/t38?,39-,40?/m1/s1. The third-order valence-electron chi connectivity index (χ3n) is 10.3. The Morgan fingerprint density at radius 2 is 1.18 bits per heavy atom. The van der Waals surface area contributed by atoms with Crippen LogP contribution in [0, 0.1) is 17.8 Å². The molecule has 7 amide bonds. The van der Waals surface area contributed by atoms with Crippen molar-refractivity contribution >= 4 is 58.2 Å². The van der Waals surface area contributed by atoms with Gasteiger partial charge in [-0.05, 0) is 55.8 Å². The molecule has 0 fully saturated rings. The Balaban J connectivity index is 1.40. The number of carbonyl (C=O) groups excluding carboxylic acids is 8. The minimum Gasteiger partial charge on any atom is -0.494 e. The van der Waals surface area contributed by atoms with Gasteiger partial charge >= 0.3 is 0 Å². The Labute approximate surface area is 426 Å². The maximum absolute atomic E-state index is 13.7. The second-order valence-electron chi connectivity index (χ2n) is 16.7. The number of amides is 7. The zero-order chi connectivity index (χ0) is 52.6. The van der Waals surface area contributed by atoms with Crippen LogP contribution in [0.2, 0.25) is 0 Å². The van der Waals surface area contributed by atoms with Crippen LogP contribution in [0.25, 0.3) is 0 Å². The SMILES string of the molecule is CC(=O)SCC(=O)NCC(=O)NCC(=O)NCC(=O)NCCOCCOCCOCCCNCCOCCOCCOCCNC(=O)C1Cc2ccc(cc2)OCCCC(C(=O)NO)[C@@H](CC(C)C)C(=O)N1. The van der Waals surface area contributed by atoms with Gasteiger partial charge in [-0.1, -0.05) is 37.7 Å². The molecule has 9 N–H and O–H groups in total. The van der Waals surface area contributed by atoms with Gasteiger partial charge in [-0.2, -0.15) is 0 Å². The van der Waals surface area contributed by atoms with Crippen LogP contribution in [-0.2, 0) is 73.2 Å². The largest absolute Gasteiger partial charge is 0.494 e. The molecule has 2 aliphatic rings. The lowest BCUT2D eigenvalue weighted by Gasteiger charge is -2.29. The van der Waals surface area contributed by atoms with E-state index in [-0.39, 0.29) is 75.1 Å². The summed E-state index contributed by atoms with van der Waals surface area (Å²) in [7, 11) is 0. The maximum atomic E-state index is 13.7. The molecule has 24 nitrogen and oxygen atoms in total. The molecule has 2 aliphatic heterocycles. The van der Waals surface area contributed by atoms with Crippen LogP contribution in [0.15, 0.2) is 24.3 Å². The van der Waals surface area contributed by atoms with Crippen LogP contribution >= 0.6 is 11.8 Å². The molecule has 0 radical (unpaired) electrons. The molecule has 0 spiro atoms. The summed E-state index contributed by atoms with van der Waals surface area (Å²) in [5.41, 5.74) is 2.54. The van der Waals surface area contributed by atoms with E-state index in [9.17, 15) is 43.6 Å². The zero-order valence-electron chi connectivity index (χ0n) is 42.0. The van der Waals surface area contributed by atoms with Gasteiger partial charge in [0.05, 0.1) is 111 Å². The fraction of sp³-hybridized carbons (Fsp3) is 0.702. The third kappa shape index (κ3) is 32.2. The van der Waals surface area contributed by atoms with Crippen molar-refractivity contribution in [1.82, 2.24) is 42.7 Å². The van der Waals surface area contributed by atoms with Crippen LogP contribution in [0.5, 0.6) is 5.75 Å². The second kappa shape index (κ2) is 40.5. The maximum Gasteiger partial charge on any atom is 0.247 e. The summed E-state index contributed by atoms with van der Waals surface area (Å²) in [6.45, 7) is 11.1. The molecule has 3 rings (SSSR count). The number of benzene rings is 1. The van der Waals surface area contributed by atoms with E-state index in [4.69, 9.17) is 33.2 Å². The molecule has 2 bridgehead atoms. The van der Waals surface area contributed by atoms with Crippen LogP contribution in [0.3, 0.4) is 0 Å². The Bertz CT molecular complexity index is 1750. The van der Waals surface area contributed by atoms with Crippen molar-refractivity contribution in [2.24, 2.45) is 17.8 Å². The highest BCUT2D eigenvalue weighted by Crippen LogP contribution is 2.27. The number of hydroxylamine groups is 1. The summed E-state index contributed by atoms with van der Waals surface area (Å²) in [6, 6.07) is 6.42. The summed E-state index contributed by atoms with van der Waals surface area (Å²) in [6.07, 6.45) is 2.24. The van der Waals surface area contributed by atoms with Crippen molar-refractivity contribution < 1.29 is 76.7 Å². The molecule has 72 heavy (non-hydrogen) atoms. The summed E-state index contributed by atoms with van der Waals surface area (Å²) < 4.78 is 39.1. The predicted octanol–water partition coefficient (Wildman–Crippen LogP) is -1.39. The van der Waals surface area contributed by atoms with Gasteiger partial charge in [0.2, 0.25) is 41.4 Å². The lowest BCUT2D eigenvalue weighted by atomic mass is 9.81. The minimum atomic E-state index is -0.910. The van der Waals surface area contributed by atoms with Gasteiger partial charge in [0, 0.05) is 45.5 Å². The van der Waals surface area contributed by atoms with Crippen LogP contribution in [0.1, 0.15) is 52.0 Å². The Hall–Kier alpha value is -4.99. The average molecular weight is 1040 g/mol. The molecule has 1 aromatic carbocycles. The number of rotatable bonds is 37. The fourth-order valence-electron chi connectivity index (χ4n) is 6.73. The van der Waals surface area contributed by atoms with E-state index in [1.165, 1.54) is 6.92 Å². The molecule has 0 aromatic heterocycles. The highest BCUT2D eigenvalue weighted by molar-refractivity contribution is 8.14. The van der Waals surface area contributed by atoms with Gasteiger partial charge in [-0.3, -0.25) is 43.6 Å². The number of nitrogens with one attached hydrogen (secondary N) is 8. The number of fused-ring (bicyclic) bond motifs is 11. The highest BCUT2D eigenvalue weighted by atomic mass is 32.2. The van der Waals surface area contributed by atoms with Crippen LogP contribution in [0.4, 0.5) is 0 Å². The molecule has 3 atom stereocenters. The fourth-order valence-corrected chi connectivity index (χ4v) is 7.16. The lowest BCUT2D eigenvalue weighted by Crippen LogP contribution is -2.52. The van der Waals surface area contributed by atoms with E-state index < -0.39 is 53.3 Å². The number of ether oxygens (including phenoxy) is 7. The minimum absolute atomic E-state index is 0.0792. The predicted molar refractivity (Wildman–Crippen MR) is 264 cm³/mol. The van der Waals surface area contributed by atoms with Gasteiger partial charge in [0.25, 0.3) is 0 Å². The van der Waals surface area contributed by atoms with E-state index in [0.717, 1.165) is 30.3 Å². The first-order valence-electron chi connectivity index (χ1n) is 24.4. The molecular weight excluding hydrogens is 965 g/mol. The smallest absolute Gasteiger partial charge is 0.247 e. The topological polar surface area (TPSA) is 318 Å². The van der Waals surface area contributed by atoms with E-state index >= 15 is 0 Å². The van der Waals surface area contributed by atoms with Crippen molar-refractivity contribution in [3.8, 4) is 5.75 Å². The molecule has 2 heterocycles. The molecule has 408 valence electrons. The van der Waals surface area contributed by atoms with E-state index in [2.05, 4.69) is 37.2 Å². The van der Waals surface area contributed by atoms with Gasteiger partial charge in [-0.25, -0.2) is 5.48 Å². The number of hydrogen-bond acceptors (Lipinski definition) is 18. The second-order valence-corrected chi connectivity index (χ2v) is 17.9. The van der Waals surface area contributed by atoms with Crippen molar-refractivity contribution in [2.75, 3.05) is 137 Å². The van der Waals surface area contributed by atoms with Gasteiger partial charge in [0.15, 0.2) is 5.12 Å². The number of carbonyl (C=O) groups is 8. The molecule has 0 aliphatic carbocycles. The summed E-state index contributed by atoms with van der Waals surface area (Å²) in [4.78, 5) is 97.7. The quantitative estimate of drug-likeness (QED) is 0.0211. The number of hydrogen-bond donors (Lipinski definition) is 9. The Kier molecular flexibility index (Phi) is 35.5. The van der Waals surface area contributed by atoms with Crippen molar-refractivity contribution in [2.45, 2.75) is 58.9 Å². The van der Waals surface area contributed by atoms with E-state index in [1.807, 2.05) is 26.0 Å². The normalized spacial score (nSPS) is 15.9. The van der Waals surface area contributed by atoms with Gasteiger partial charge in [-0.15, -0.1) is 0 Å². The highest BCUT2D eigenvalue weighted by Gasteiger charge is 2.36. The molecule has 1 aromatic rings. The summed E-state index contributed by atoms with van der Waals surface area (Å²) in [5.74, 6) is -4.47. The monoisotopic (exact) mass is 1040 g/mol. The van der Waals surface area contributed by atoms with Gasteiger partial charge < -0.3 is 70.4 Å². The Morgan fingerprint density at radius 3 is 1.74 bits per heavy atom. The summed E-state index contributed by atoms with van der Waals surface area (Å²) >= 11 is 0.817. The van der Waals surface area contributed by atoms with Crippen LogP contribution in [-0.4, -0.2) is 195 Å². The lowest BCUT2D eigenvalue weighted by molar-refractivity contribution is -0.142. The molecule has 2 unspecified atom stereocenters. The van der Waals surface area contributed by atoms with E-state index in [0.29, 0.717) is 104 Å². The van der Waals surface area contributed by atoms with Crippen molar-refractivity contribution in [3.63, 3.8) is 0 Å². The molecular formula is C47H78N8O16S. The van der Waals surface area contributed by atoms with Crippen molar-refractivity contribution in [1.29, 1.82) is 0 Å². The Morgan fingerprint density at radius 1 is 0.667 bits per heavy atom.